The molecule has 0 radical (unpaired) electrons. The lowest BCUT2D eigenvalue weighted by molar-refractivity contribution is -0.288. The maximum atomic E-state index is 9.45. The van der Waals surface area contributed by atoms with Crippen LogP contribution in [0.15, 0.2) is 0 Å². The molecule has 86 valence electrons. The molecule has 1 rings (SSSR count). The van der Waals surface area contributed by atoms with Crippen LogP contribution in [0.25, 0.3) is 0 Å². The Balaban J connectivity index is 2.48. The monoisotopic (exact) mass is 218 g/mol. The average molecular weight is 218 g/mol. The van der Waals surface area contributed by atoms with E-state index in [9.17, 15) is 10.2 Å². The van der Waals surface area contributed by atoms with Gasteiger partial charge in [-0.15, -0.1) is 6.42 Å². The zero-order valence-corrected chi connectivity index (χ0v) is 7.98. The molecule has 4 N–H and O–H groups in total. The summed E-state index contributed by atoms with van der Waals surface area (Å²) >= 11 is 0. The highest BCUT2D eigenvalue weighted by atomic mass is 16.6. The third-order valence-electron chi connectivity index (χ3n) is 2.15. The first kappa shape index (κ1) is 12.4. The molecule has 5 atom stereocenters. The molecule has 15 heavy (non-hydrogen) atoms. The zero-order valence-electron chi connectivity index (χ0n) is 7.98. The van der Waals surface area contributed by atoms with Gasteiger partial charge >= 0.3 is 0 Å². The van der Waals surface area contributed by atoms with Gasteiger partial charge in [-0.3, -0.25) is 0 Å². The van der Waals surface area contributed by atoms with Crippen molar-refractivity contribution in [2.75, 3.05) is 13.2 Å². The fourth-order valence-electron chi connectivity index (χ4n) is 1.30. The van der Waals surface area contributed by atoms with E-state index in [1.807, 2.05) is 0 Å². The summed E-state index contributed by atoms with van der Waals surface area (Å²) in [7, 11) is 0. The highest BCUT2D eigenvalue weighted by Gasteiger charge is 2.42. The van der Waals surface area contributed by atoms with Crippen LogP contribution in [-0.2, 0) is 9.47 Å². The van der Waals surface area contributed by atoms with Crippen molar-refractivity contribution in [1.82, 2.24) is 0 Å². The molecule has 0 aromatic heterocycles. The molecule has 6 heteroatoms. The Kier molecular flexibility index (Phi) is 4.47. The summed E-state index contributed by atoms with van der Waals surface area (Å²) in [6.45, 7) is -0.0203. The number of aliphatic hydroxyl groups is 4. The maximum Gasteiger partial charge on any atom is 0.184 e. The quantitative estimate of drug-likeness (QED) is 0.307. The van der Waals surface area contributed by atoms with Gasteiger partial charge in [0.2, 0.25) is 0 Å². The lowest BCUT2D eigenvalue weighted by Crippen LogP contribution is -2.58. The molecule has 0 spiro atoms. The summed E-state index contributed by atoms with van der Waals surface area (Å²) in [4.78, 5) is 0. The van der Waals surface area contributed by atoms with Crippen LogP contribution in [0.4, 0.5) is 0 Å². The van der Waals surface area contributed by atoms with Crippen LogP contribution < -0.4 is 0 Å². The van der Waals surface area contributed by atoms with Crippen LogP contribution in [0.3, 0.4) is 0 Å². The van der Waals surface area contributed by atoms with Crippen molar-refractivity contribution in [2.45, 2.75) is 30.7 Å². The maximum absolute atomic E-state index is 9.45. The molecule has 0 aromatic rings. The summed E-state index contributed by atoms with van der Waals surface area (Å²) in [5.41, 5.74) is 0. The first-order valence-corrected chi connectivity index (χ1v) is 4.47. The Morgan fingerprint density at radius 2 is 1.80 bits per heavy atom. The van der Waals surface area contributed by atoms with Crippen molar-refractivity contribution in [3.8, 4) is 12.3 Å². The van der Waals surface area contributed by atoms with Crippen LogP contribution >= 0.6 is 0 Å². The third-order valence-corrected chi connectivity index (χ3v) is 2.15. The SMILES string of the molecule is C#CCOC[C@H]1O[C@H](O)[C@H](O)[C@@H](O)[C@H]1O. The number of terminal acetylenes is 1. The minimum absolute atomic E-state index is 0.0430. The van der Waals surface area contributed by atoms with Gasteiger partial charge in [-0.05, 0) is 0 Å². The Labute approximate surface area is 87.1 Å². The van der Waals surface area contributed by atoms with Crippen molar-refractivity contribution in [2.24, 2.45) is 0 Å². The second-order valence-corrected chi connectivity index (χ2v) is 3.26. The molecule has 0 unspecified atom stereocenters. The molecule has 0 amide bonds. The van der Waals surface area contributed by atoms with Gasteiger partial charge in [0.15, 0.2) is 6.29 Å². The topological polar surface area (TPSA) is 99.4 Å². The molecule has 0 aliphatic carbocycles. The van der Waals surface area contributed by atoms with Crippen LogP contribution in [0.1, 0.15) is 0 Å². The van der Waals surface area contributed by atoms with E-state index in [0.29, 0.717) is 0 Å². The molecular weight excluding hydrogens is 204 g/mol. The standard InChI is InChI=1S/C9H14O6/c1-2-3-14-4-5-6(10)7(11)8(12)9(13)15-5/h1,5-13H,3-4H2/t5-,6+,7+,8-,9+/m1/s1. The summed E-state index contributed by atoms with van der Waals surface area (Å²) in [6, 6.07) is 0. The van der Waals surface area contributed by atoms with Crippen molar-refractivity contribution in [3.63, 3.8) is 0 Å². The Hall–Kier alpha value is -0.680. The predicted molar refractivity (Wildman–Crippen MR) is 48.6 cm³/mol. The van der Waals surface area contributed by atoms with Crippen molar-refractivity contribution < 1.29 is 29.9 Å². The second kappa shape index (κ2) is 5.42. The molecule has 1 heterocycles. The zero-order chi connectivity index (χ0) is 11.4. The predicted octanol–water partition coefficient (Wildman–Crippen LogP) is -2.56. The molecule has 0 saturated carbocycles. The van der Waals surface area contributed by atoms with Crippen molar-refractivity contribution >= 4 is 0 Å². The van der Waals surface area contributed by atoms with Gasteiger partial charge in [0.05, 0.1) is 6.61 Å². The second-order valence-electron chi connectivity index (χ2n) is 3.26. The summed E-state index contributed by atoms with van der Waals surface area (Å²) in [6.07, 6.45) is -1.82. The third kappa shape index (κ3) is 2.89. The van der Waals surface area contributed by atoms with Crippen molar-refractivity contribution in [1.29, 1.82) is 0 Å². The molecular formula is C9H14O6. The smallest absolute Gasteiger partial charge is 0.184 e. The van der Waals surface area contributed by atoms with E-state index in [0.717, 1.165) is 0 Å². The van der Waals surface area contributed by atoms with E-state index >= 15 is 0 Å². The highest BCUT2D eigenvalue weighted by molar-refractivity contribution is 4.89. The van der Waals surface area contributed by atoms with Gasteiger partial charge in [-0.1, -0.05) is 5.92 Å². The summed E-state index contributed by atoms with van der Waals surface area (Å²) in [5.74, 6) is 2.22. The number of ether oxygens (including phenoxy) is 2. The number of hydrogen-bond donors (Lipinski definition) is 4. The Bertz CT molecular complexity index is 237. The first-order valence-electron chi connectivity index (χ1n) is 4.47. The van der Waals surface area contributed by atoms with Crippen LogP contribution in [0, 0.1) is 12.3 Å². The van der Waals surface area contributed by atoms with E-state index in [4.69, 9.17) is 26.1 Å². The van der Waals surface area contributed by atoms with Gasteiger partial charge in [0.25, 0.3) is 0 Å². The van der Waals surface area contributed by atoms with E-state index in [2.05, 4.69) is 5.92 Å². The van der Waals surface area contributed by atoms with Crippen LogP contribution in [0.5, 0.6) is 0 Å². The lowest BCUT2D eigenvalue weighted by atomic mass is 9.99. The molecule has 1 aliphatic heterocycles. The van der Waals surface area contributed by atoms with Crippen LogP contribution in [0.2, 0.25) is 0 Å². The fraction of sp³-hybridized carbons (Fsp3) is 0.778. The van der Waals surface area contributed by atoms with E-state index in [1.165, 1.54) is 0 Å². The largest absolute Gasteiger partial charge is 0.387 e. The number of rotatable bonds is 3. The first-order chi connectivity index (χ1) is 7.07. The van der Waals surface area contributed by atoms with E-state index in [-0.39, 0.29) is 13.2 Å². The average Bonchev–Trinajstić information content (AvgIpc) is 2.23. The normalized spacial score (nSPS) is 41.1. The number of aliphatic hydroxyl groups excluding tert-OH is 4. The Morgan fingerprint density at radius 3 is 2.40 bits per heavy atom. The fourth-order valence-corrected chi connectivity index (χ4v) is 1.30. The van der Waals surface area contributed by atoms with Gasteiger partial charge in [0.1, 0.15) is 31.0 Å². The van der Waals surface area contributed by atoms with E-state index < -0.39 is 30.7 Å². The molecule has 0 aromatic carbocycles. The molecule has 1 aliphatic rings. The van der Waals surface area contributed by atoms with Crippen molar-refractivity contribution in [3.05, 3.63) is 0 Å². The molecule has 1 saturated heterocycles. The number of hydrogen-bond acceptors (Lipinski definition) is 6. The molecule has 0 bridgehead atoms. The Morgan fingerprint density at radius 1 is 1.13 bits per heavy atom. The molecule has 6 nitrogen and oxygen atoms in total. The summed E-state index contributed by atoms with van der Waals surface area (Å²) < 4.78 is 9.73. The van der Waals surface area contributed by atoms with Gasteiger partial charge in [-0.25, -0.2) is 0 Å². The van der Waals surface area contributed by atoms with Gasteiger partial charge in [-0.2, -0.15) is 0 Å². The van der Waals surface area contributed by atoms with E-state index in [1.54, 1.807) is 0 Å². The minimum Gasteiger partial charge on any atom is -0.387 e. The van der Waals surface area contributed by atoms with Gasteiger partial charge < -0.3 is 29.9 Å². The minimum atomic E-state index is -1.54. The summed E-state index contributed by atoms with van der Waals surface area (Å²) in [5, 5.41) is 37.1. The lowest BCUT2D eigenvalue weighted by Gasteiger charge is -2.38. The molecule has 1 fully saturated rings. The van der Waals surface area contributed by atoms with Crippen LogP contribution in [-0.4, -0.2) is 64.3 Å². The highest BCUT2D eigenvalue weighted by Crippen LogP contribution is 2.19. The van der Waals surface area contributed by atoms with Gasteiger partial charge in [0, 0.05) is 0 Å².